The summed E-state index contributed by atoms with van der Waals surface area (Å²) in [6.07, 6.45) is 0.237. The van der Waals surface area contributed by atoms with Gasteiger partial charge in [0.05, 0.1) is 0 Å². The van der Waals surface area contributed by atoms with Crippen LogP contribution in [0.3, 0.4) is 0 Å². The van der Waals surface area contributed by atoms with Crippen LogP contribution in [0.1, 0.15) is 27.2 Å². The highest BCUT2D eigenvalue weighted by molar-refractivity contribution is 5.74. The largest absolute Gasteiger partial charge is 0.480 e. The summed E-state index contributed by atoms with van der Waals surface area (Å²) in [5, 5.41) is 14.4. The summed E-state index contributed by atoms with van der Waals surface area (Å²) in [5.74, 6) is -0.960. The van der Waals surface area contributed by atoms with Gasteiger partial charge >= 0.3 is 12.1 Å². The summed E-state index contributed by atoms with van der Waals surface area (Å²) in [6, 6.07) is -0.579. The lowest BCUT2D eigenvalue weighted by molar-refractivity contribution is -0.140. The molecule has 1 rings (SSSR count). The number of aliphatic carboxylic acids is 1. The summed E-state index contributed by atoms with van der Waals surface area (Å²) in [5.41, 5.74) is -0.537. The maximum Gasteiger partial charge on any atom is 0.407 e. The maximum atomic E-state index is 11.4. The Morgan fingerprint density at radius 1 is 1.47 bits per heavy atom. The number of carbonyl (C=O) groups is 2. The second-order valence-electron chi connectivity index (χ2n) is 5.20. The molecule has 6 nitrogen and oxygen atoms in total. The van der Waals surface area contributed by atoms with Crippen molar-refractivity contribution in [2.45, 2.75) is 38.8 Å². The van der Waals surface area contributed by atoms with Crippen molar-refractivity contribution >= 4 is 12.1 Å². The number of rotatable bonds is 3. The lowest BCUT2D eigenvalue weighted by atomic mass is 10.0. The molecule has 98 valence electrons. The van der Waals surface area contributed by atoms with Crippen LogP contribution in [0, 0.1) is 5.92 Å². The van der Waals surface area contributed by atoms with E-state index in [-0.39, 0.29) is 5.92 Å². The second-order valence-corrected chi connectivity index (χ2v) is 5.20. The zero-order valence-electron chi connectivity index (χ0n) is 10.4. The molecular weight excluding hydrogens is 224 g/mol. The number of hydrogen-bond donors (Lipinski definition) is 3. The van der Waals surface area contributed by atoms with E-state index in [0.717, 1.165) is 6.42 Å². The first-order chi connectivity index (χ1) is 7.79. The van der Waals surface area contributed by atoms with E-state index in [4.69, 9.17) is 9.84 Å². The van der Waals surface area contributed by atoms with Gasteiger partial charge in [0.25, 0.3) is 0 Å². The Morgan fingerprint density at radius 3 is 2.65 bits per heavy atom. The summed E-state index contributed by atoms with van der Waals surface area (Å²) in [4.78, 5) is 22.3. The lowest BCUT2D eigenvalue weighted by Crippen LogP contribution is -2.42. The van der Waals surface area contributed by atoms with Crippen LogP contribution >= 0.6 is 0 Å². The summed E-state index contributed by atoms with van der Waals surface area (Å²) in [6.45, 7) is 6.33. The van der Waals surface area contributed by atoms with Crippen molar-refractivity contribution in [1.82, 2.24) is 10.6 Å². The predicted octanol–water partition coefficient (Wildman–Crippen LogP) is 0.574. The number of nitrogens with one attached hydrogen (secondary N) is 2. The van der Waals surface area contributed by atoms with E-state index in [2.05, 4.69) is 10.6 Å². The van der Waals surface area contributed by atoms with E-state index in [1.54, 1.807) is 20.8 Å². The molecule has 1 heterocycles. The Labute approximate surface area is 101 Å². The SMILES string of the molecule is CC(C)(C)OC(=O)NC[C@@H]1CCN[C@H]1C(=O)O. The monoisotopic (exact) mass is 244 g/mol. The van der Waals surface area contributed by atoms with E-state index >= 15 is 0 Å². The van der Waals surface area contributed by atoms with Crippen LogP contribution in [-0.4, -0.2) is 41.9 Å². The molecule has 3 N–H and O–H groups in total. The van der Waals surface area contributed by atoms with E-state index in [0.29, 0.717) is 13.1 Å². The first-order valence-corrected chi connectivity index (χ1v) is 5.72. The van der Waals surface area contributed by atoms with Crippen LogP contribution in [0.25, 0.3) is 0 Å². The minimum absolute atomic E-state index is 0.0833. The average Bonchev–Trinajstić information content (AvgIpc) is 2.59. The number of alkyl carbamates (subject to hydrolysis) is 1. The summed E-state index contributed by atoms with van der Waals surface area (Å²) < 4.78 is 5.08. The van der Waals surface area contributed by atoms with E-state index in [1.165, 1.54) is 0 Å². The Kier molecular flexibility index (Phi) is 4.34. The quantitative estimate of drug-likeness (QED) is 0.675. The highest BCUT2D eigenvalue weighted by Crippen LogP contribution is 2.15. The fourth-order valence-electron chi connectivity index (χ4n) is 1.80. The van der Waals surface area contributed by atoms with Crippen LogP contribution in [0.2, 0.25) is 0 Å². The van der Waals surface area contributed by atoms with Gasteiger partial charge in [-0.3, -0.25) is 4.79 Å². The Balaban J connectivity index is 2.35. The zero-order chi connectivity index (χ0) is 13.1. The molecule has 1 aliphatic rings. The van der Waals surface area contributed by atoms with Crippen molar-refractivity contribution in [2.24, 2.45) is 5.92 Å². The van der Waals surface area contributed by atoms with Crippen molar-refractivity contribution in [3.8, 4) is 0 Å². The molecule has 17 heavy (non-hydrogen) atoms. The molecule has 1 amide bonds. The van der Waals surface area contributed by atoms with Crippen LogP contribution in [0.5, 0.6) is 0 Å². The molecule has 0 saturated carbocycles. The average molecular weight is 244 g/mol. The lowest BCUT2D eigenvalue weighted by Gasteiger charge is -2.21. The van der Waals surface area contributed by atoms with Gasteiger partial charge in [0, 0.05) is 12.5 Å². The topological polar surface area (TPSA) is 87.7 Å². The third-order valence-corrected chi connectivity index (χ3v) is 2.52. The smallest absolute Gasteiger partial charge is 0.407 e. The third kappa shape index (κ3) is 4.60. The van der Waals surface area contributed by atoms with Crippen molar-refractivity contribution in [3.05, 3.63) is 0 Å². The number of carboxylic acid groups (broad SMARTS) is 1. The number of amides is 1. The minimum Gasteiger partial charge on any atom is -0.480 e. The molecule has 0 aromatic heterocycles. The van der Waals surface area contributed by atoms with Gasteiger partial charge in [-0.15, -0.1) is 0 Å². The van der Waals surface area contributed by atoms with Crippen LogP contribution in [-0.2, 0) is 9.53 Å². The number of hydrogen-bond acceptors (Lipinski definition) is 4. The minimum atomic E-state index is -0.876. The van der Waals surface area contributed by atoms with Crippen molar-refractivity contribution < 1.29 is 19.4 Å². The Morgan fingerprint density at radius 2 is 2.12 bits per heavy atom. The van der Waals surface area contributed by atoms with Gasteiger partial charge < -0.3 is 20.5 Å². The molecule has 0 spiro atoms. The highest BCUT2D eigenvalue weighted by atomic mass is 16.6. The molecule has 0 unspecified atom stereocenters. The molecule has 0 radical (unpaired) electrons. The zero-order valence-corrected chi connectivity index (χ0v) is 10.4. The second kappa shape index (κ2) is 5.35. The highest BCUT2D eigenvalue weighted by Gasteiger charge is 2.32. The molecule has 1 saturated heterocycles. The molecule has 6 heteroatoms. The fraction of sp³-hybridized carbons (Fsp3) is 0.818. The van der Waals surface area contributed by atoms with Crippen LogP contribution < -0.4 is 10.6 Å². The van der Waals surface area contributed by atoms with Gasteiger partial charge in [0.2, 0.25) is 0 Å². The van der Waals surface area contributed by atoms with Crippen molar-refractivity contribution in [2.75, 3.05) is 13.1 Å². The standard InChI is InChI=1S/C11H20N2O4/c1-11(2,3)17-10(16)13-6-7-4-5-12-8(7)9(14)15/h7-8,12H,4-6H2,1-3H3,(H,13,16)(H,14,15)/t7-,8+/m0/s1. The Bertz CT molecular complexity index is 298. The van der Waals surface area contributed by atoms with Crippen LogP contribution in [0.15, 0.2) is 0 Å². The molecule has 1 fully saturated rings. The predicted molar refractivity (Wildman–Crippen MR) is 61.8 cm³/mol. The van der Waals surface area contributed by atoms with Crippen molar-refractivity contribution in [1.29, 1.82) is 0 Å². The fourth-order valence-corrected chi connectivity index (χ4v) is 1.80. The molecule has 1 aliphatic heterocycles. The van der Waals surface area contributed by atoms with Gasteiger partial charge in [-0.2, -0.15) is 0 Å². The first kappa shape index (κ1) is 13.8. The molecule has 0 bridgehead atoms. The van der Waals surface area contributed by atoms with E-state index < -0.39 is 23.7 Å². The summed E-state index contributed by atoms with van der Waals surface area (Å²) in [7, 11) is 0. The van der Waals surface area contributed by atoms with Gasteiger partial charge in [-0.25, -0.2) is 4.79 Å². The number of carboxylic acids is 1. The van der Waals surface area contributed by atoms with E-state index in [9.17, 15) is 9.59 Å². The molecule has 0 aliphatic carbocycles. The normalized spacial score (nSPS) is 24.4. The van der Waals surface area contributed by atoms with Crippen LogP contribution in [0.4, 0.5) is 4.79 Å². The van der Waals surface area contributed by atoms with Gasteiger partial charge in [-0.1, -0.05) is 0 Å². The number of carbonyl (C=O) groups excluding carboxylic acids is 1. The van der Waals surface area contributed by atoms with Gasteiger partial charge in [-0.05, 0) is 33.7 Å². The van der Waals surface area contributed by atoms with Crippen molar-refractivity contribution in [3.63, 3.8) is 0 Å². The number of ether oxygens (including phenoxy) is 1. The van der Waals surface area contributed by atoms with E-state index in [1.807, 2.05) is 0 Å². The Hall–Kier alpha value is -1.30. The molecule has 2 atom stereocenters. The molecule has 0 aromatic rings. The molecular formula is C11H20N2O4. The van der Waals surface area contributed by atoms with Gasteiger partial charge in [0.1, 0.15) is 11.6 Å². The first-order valence-electron chi connectivity index (χ1n) is 5.72. The molecule has 0 aromatic carbocycles. The summed E-state index contributed by atoms with van der Waals surface area (Å²) >= 11 is 0. The maximum absolute atomic E-state index is 11.4. The third-order valence-electron chi connectivity index (χ3n) is 2.52. The van der Waals surface area contributed by atoms with Gasteiger partial charge in [0.15, 0.2) is 0 Å².